The van der Waals surface area contributed by atoms with Crippen LogP contribution >= 0.6 is 11.3 Å². The Balaban J connectivity index is 1.55. The van der Waals surface area contributed by atoms with Gasteiger partial charge in [-0.1, -0.05) is 6.07 Å². The number of thiophene rings is 1. The average molecular weight is 365 g/mol. The maximum atomic E-state index is 9.05. The normalized spacial score (nSPS) is 10.9. The summed E-state index contributed by atoms with van der Waals surface area (Å²) in [6.45, 7) is 0. The van der Waals surface area contributed by atoms with Crippen molar-refractivity contribution in [2.24, 2.45) is 0 Å². The molecule has 1 N–H and O–H groups in total. The number of aromatic nitrogens is 1. The Morgan fingerprint density at radius 1 is 0.778 bits per heavy atom. The first-order valence-corrected chi connectivity index (χ1v) is 9.12. The highest BCUT2D eigenvalue weighted by Crippen LogP contribution is 2.37. The molecule has 0 atom stereocenters. The van der Waals surface area contributed by atoms with Gasteiger partial charge in [-0.3, -0.25) is 0 Å². The molecule has 0 aliphatic carbocycles. The highest BCUT2D eigenvalue weighted by molar-refractivity contribution is 7.18. The molecule has 126 valence electrons. The molecular weight excluding hydrogens is 354 g/mol. The summed E-state index contributed by atoms with van der Waals surface area (Å²) in [5.41, 5.74) is 3.91. The summed E-state index contributed by atoms with van der Waals surface area (Å²) >= 11 is 1.63. The van der Waals surface area contributed by atoms with E-state index in [-0.39, 0.29) is 0 Å². The fraction of sp³-hybridized carbons (Fsp3) is 0. The Morgan fingerprint density at radius 3 is 2.33 bits per heavy atom. The summed E-state index contributed by atoms with van der Waals surface area (Å²) in [7, 11) is 0. The molecular formula is C22H11N3OS. The molecule has 0 radical (unpaired) electrons. The van der Waals surface area contributed by atoms with E-state index in [0.29, 0.717) is 16.7 Å². The van der Waals surface area contributed by atoms with E-state index < -0.39 is 0 Å². The molecule has 0 spiro atoms. The molecule has 2 aromatic carbocycles. The lowest BCUT2D eigenvalue weighted by Crippen LogP contribution is -1.73. The Kier molecular flexibility index (Phi) is 3.36. The molecule has 0 fully saturated rings. The summed E-state index contributed by atoms with van der Waals surface area (Å²) in [6, 6.07) is 23.6. The molecule has 0 unspecified atom stereocenters. The van der Waals surface area contributed by atoms with Crippen molar-refractivity contribution in [2.75, 3.05) is 0 Å². The third-order valence-corrected chi connectivity index (χ3v) is 5.65. The maximum Gasteiger partial charge on any atom is 0.145 e. The van der Waals surface area contributed by atoms with Gasteiger partial charge in [0.05, 0.1) is 38.7 Å². The minimum Gasteiger partial charge on any atom is -0.455 e. The Bertz CT molecular complexity index is 1300. The first-order chi connectivity index (χ1) is 13.2. The molecule has 5 heteroatoms. The number of hydrogen-bond acceptors (Lipinski definition) is 4. The van der Waals surface area contributed by atoms with Crippen molar-refractivity contribution in [3.63, 3.8) is 0 Å². The lowest BCUT2D eigenvalue weighted by molar-refractivity contribution is 0.633. The number of rotatable bonds is 2. The van der Waals surface area contributed by atoms with E-state index in [2.05, 4.69) is 29.3 Å². The van der Waals surface area contributed by atoms with Crippen molar-refractivity contribution in [2.45, 2.75) is 0 Å². The standard InChI is InChI=1S/C22H11N3OS/c23-11-13-1-3-15-9-18(25-17(15)7-13)21-5-6-22(27-21)20-10-16-4-2-14(12-24)8-19(16)26-20/h1-10,25H. The van der Waals surface area contributed by atoms with Gasteiger partial charge in [0.15, 0.2) is 0 Å². The van der Waals surface area contributed by atoms with Crippen LogP contribution in [0, 0.1) is 22.7 Å². The summed E-state index contributed by atoms with van der Waals surface area (Å²) in [4.78, 5) is 5.51. The number of nitrogens with one attached hydrogen (secondary N) is 1. The molecule has 0 bridgehead atoms. The molecule has 0 saturated heterocycles. The van der Waals surface area contributed by atoms with Gasteiger partial charge in [0.1, 0.15) is 11.3 Å². The van der Waals surface area contributed by atoms with Crippen molar-refractivity contribution >= 4 is 33.2 Å². The van der Waals surface area contributed by atoms with Crippen LogP contribution in [0.4, 0.5) is 0 Å². The summed E-state index contributed by atoms with van der Waals surface area (Å²) in [6.07, 6.45) is 0. The first-order valence-electron chi connectivity index (χ1n) is 8.31. The molecule has 27 heavy (non-hydrogen) atoms. The predicted octanol–water partition coefficient (Wildman–Crippen LogP) is 6.05. The van der Waals surface area contributed by atoms with Crippen LogP contribution in [0.25, 0.3) is 43.1 Å². The minimum atomic E-state index is 0.588. The molecule has 0 aliphatic rings. The summed E-state index contributed by atoms with van der Waals surface area (Å²) in [5.74, 6) is 0.791. The second-order valence-corrected chi connectivity index (χ2v) is 7.32. The first kappa shape index (κ1) is 15.5. The average Bonchev–Trinajstić information content (AvgIpc) is 3.43. The van der Waals surface area contributed by atoms with Crippen LogP contribution in [0.3, 0.4) is 0 Å². The summed E-state index contributed by atoms with van der Waals surface area (Å²) in [5, 5.41) is 20.1. The molecule has 3 aromatic heterocycles. The summed E-state index contributed by atoms with van der Waals surface area (Å²) < 4.78 is 5.95. The van der Waals surface area contributed by atoms with Crippen molar-refractivity contribution in [1.82, 2.24) is 4.98 Å². The molecule has 0 aliphatic heterocycles. The Hall–Kier alpha value is -3.80. The number of nitrogens with zero attached hydrogens (tertiary/aromatic N) is 2. The van der Waals surface area contributed by atoms with E-state index in [1.807, 2.05) is 36.4 Å². The van der Waals surface area contributed by atoms with Crippen LogP contribution in [-0.4, -0.2) is 4.98 Å². The van der Waals surface area contributed by atoms with Crippen LogP contribution < -0.4 is 0 Å². The number of aromatic amines is 1. The fourth-order valence-corrected chi connectivity index (χ4v) is 4.10. The number of furan rings is 1. The Labute approximate surface area is 158 Å². The molecule has 5 rings (SSSR count). The maximum absolute atomic E-state index is 9.05. The van der Waals surface area contributed by atoms with Gasteiger partial charge in [-0.2, -0.15) is 10.5 Å². The Morgan fingerprint density at radius 2 is 1.52 bits per heavy atom. The van der Waals surface area contributed by atoms with E-state index >= 15 is 0 Å². The van der Waals surface area contributed by atoms with E-state index in [1.165, 1.54) is 0 Å². The smallest absolute Gasteiger partial charge is 0.145 e. The van der Waals surface area contributed by atoms with E-state index in [1.54, 1.807) is 23.5 Å². The van der Waals surface area contributed by atoms with E-state index in [9.17, 15) is 0 Å². The van der Waals surface area contributed by atoms with Crippen molar-refractivity contribution in [3.8, 4) is 33.3 Å². The SMILES string of the molecule is N#Cc1ccc2cc(-c3ccc(-c4cc5ccc(C#N)cc5o4)s3)[nH]c2c1. The lowest BCUT2D eigenvalue weighted by Gasteiger charge is -1.91. The number of fused-ring (bicyclic) bond motifs is 2. The minimum absolute atomic E-state index is 0.588. The highest BCUT2D eigenvalue weighted by atomic mass is 32.1. The van der Waals surface area contributed by atoms with Crippen molar-refractivity contribution in [3.05, 3.63) is 71.8 Å². The number of H-pyrrole nitrogens is 1. The second-order valence-electron chi connectivity index (χ2n) is 6.24. The largest absolute Gasteiger partial charge is 0.455 e. The molecule has 5 aromatic rings. The van der Waals surface area contributed by atoms with E-state index in [0.717, 1.165) is 37.5 Å². The van der Waals surface area contributed by atoms with Gasteiger partial charge in [0.2, 0.25) is 0 Å². The third-order valence-electron chi connectivity index (χ3n) is 4.52. The molecule has 0 amide bonds. The number of hydrogen-bond donors (Lipinski definition) is 1. The monoisotopic (exact) mass is 365 g/mol. The predicted molar refractivity (Wildman–Crippen MR) is 106 cm³/mol. The van der Waals surface area contributed by atoms with Gasteiger partial charge >= 0.3 is 0 Å². The van der Waals surface area contributed by atoms with Gasteiger partial charge in [0.25, 0.3) is 0 Å². The van der Waals surface area contributed by atoms with Gasteiger partial charge in [-0.25, -0.2) is 0 Å². The van der Waals surface area contributed by atoms with Crippen LogP contribution in [0.5, 0.6) is 0 Å². The van der Waals surface area contributed by atoms with Gasteiger partial charge in [0, 0.05) is 16.3 Å². The van der Waals surface area contributed by atoms with Crippen molar-refractivity contribution in [1.29, 1.82) is 10.5 Å². The van der Waals surface area contributed by atoms with E-state index in [4.69, 9.17) is 14.9 Å². The lowest BCUT2D eigenvalue weighted by atomic mass is 10.2. The zero-order valence-corrected chi connectivity index (χ0v) is 14.8. The van der Waals surface area contributed by atoms with Crippen LogP contribution in [0.1, 0.15) is 11.1 Å². The number of benzene rings is 2. The van der Waals surface area contributed by atoms with Crippen LogP contribution in [-0.2, 0) is 0 Å². The van der Waals surface area contributed by atoms with Crippen LogP contribution in [0.2, 0.25) is 0 Å². The van der Waals surface area contributed by atoms with Gasteiger partial charge in [-0.15, -0.1) is 11.3 Å². The molecule has 4 nitrogen and oxygen atoms in total. The third kappa shape index (κ3) is 2.58. The fourth-order valence-electron chi connectivity index (χ4n) is 3.17. The number of nitriles is 2. The zero-order chi connectivity index (χ0) is 18.4. The second kappa shape index (κ2) is 5.88. The topological polar surface area (TPSA) is 76.5 Å². The highest BCUT2D eigenvalue weighted by Gasteiger charge is 2.12. The van der Waals surface area contributed by atoms with Crippen molar-refractivity contribution < 1.29 is 4.42 Å². The molecule has 3 heterocycles. The van der Waals surface area contributed by atoms with Gasteiger partial charge < -0.3 is 9.40 Å². The zero-order valence-electron chi connectivity index (χ0n) is 14.0. The molecule has 0 saturated carbocycles. The van der Waals surface area contributed by atoms with Gasteiger partial charge in [-0.05, 0) is 54.6 Å². The van der Waals surface area contributed by atoms with Crippen LogP contribution in [0.15, 0.2) is 65.1 Å². The quantitative estimate of drug-likeness (QED) is 0.413.